The van der Waals surface area contributed by atoms with Gasteiger partial charge in [-0.2, -0.15) is 0 Å². The summed E-state index contributed by atoms with van der Waals surface area (Å²) in [6.07, 6.45) is 0.632. The largest absolute Gasteiger partial charge is 0.288 e. The van der Waals surface area contributed by atoms with E-state index >= 15 is 0 Å². The van der Waals surface area contributed by atoms with Crippen molar-refractivity contribution in [1.29, 1.82) is 0 Å². The first kappa shape index (κ1) is 9.06. The minimum atomic E-state index is -2.81. The molecule has 0 aliphatic carbocycles. The molecule has 3 nitrogen and oxygen atoms in total. The van der Waals surface area contributed by atoms with Crippen LogP contribution in [0.3, 0.4) is 0 Å². The Bertz CT molecular complexity index is 255. The van der Waals surface area contributed by atoms with Crippen LogP contribution < -0.4 is 0 Å². The Hall–Kier alpha value is -0.0300. The van der Waals surface area contributed by atoms with Crippen LogP contribution in [-0.2, 0) is 14.6 Å². The molecule has 0 N–H and O–H groups in total. The Balaban J connectivity index is 2.49. The second-order valence-electron chi connectivity index (χ2n) is 2.63. The lowest BCUT2D eigenvalue weighted by atomic mass is 10.4. The van der Waals surface area contributed by atoms with E-state index in [4.69, 9.17) is 0 Å². The lowest BCUT2D eigenvalue weighted by Gasteiger charge is -2.00. The molecule has 1 aliphatic rings. The van der Waals surface area contributed by atoms with Crippen molar-refractivity contribution in [2.75, 3.05) is 11.5 Å². The van der Waals surface area contributed by atoms with Crippen LogP contribution in [0.2, 0.25) is 0 Å². The maximum atomic E-state index is 10.9. The smallest absolute Gasteiger partial charge is 0.186 e. The van der Waals surface area contributed by atoms with Crippen LogP contribution in [-0.4, -0.2) is 30.3 Å². The zero-order valence-corrected chi connectivity index (χ0v) is 7.87. The van der Waals surface area contributed by atoms with Gasteiger partial charge in [0.25, 0.3) is 0 Å². The van der Waals surface area contributed by atoms with Gasteiger partial charge in [0.15, 0.2) is 15.0 Å². The first-order valence-electron chi connectivity index (χ1n) is 3.37. The van der Waals surface area contributed by atoms with Gasteiger partial charge in [-0.3, -0.25) is 4.79 Å². The lowest BCUT2D eigenvalue weighted by molar-refractivity contribution is -0.109. The summed E-state index contributed by atoms with van der Waals surface area (Å²) in [6, 6.07) is 0. The monoisotopic (exact) mass is 194 g/mol. The minimum absolute atomic E-state index is 0.00657. The number of hydrogen-bond acceptors (Lipinski definition) is 4. The van der Waals surface area contributed by atoms with Gasteiger partial charge in [-0.1, -0.05) is 11.8 Å². The number of sulfone groups is 1. The number of rotatable bonds is 1. The van der Waals surface area contributed by atoms with E-state index in [-0.39, 0.29) is 21.9 Å². The molecule has 0 aromatic heterocycles. The van der Waals surface area contributed by atoms with E-state index < -0.39 is 9.84 Å². The summed E-state index contributed by atoms with van der Waals surface area (Å²) in [7, 11) is -2.81. The molecule has 1 rings (SSSR count). The molecule has 0 unspecified atom stereocenters. The maximum Gasteiger partial charge on any atom is 0.186 e. The molecule has 0 radical (unpaired) electrons. The summed E-state index contributed by atoms with van der Waals surface area (Å²) in [6.45, 7) is 1.47. The third kappa shape index (κ3) is 2.83. The summed E-state index contributed by atoms with van der Waals surface area (Å²) in [4.78, 5) is 10.6. The molecule has 0 spiro atoms. The van der Waals surface area contributed by atoms with E-state index in [2.05, 4.69) is 0 Å². The summed E-state index contributed by atoms with van der Waals surface area (Å²) >= 11 is 1.15. The van der Waals surface area contributed by atoms with Crippen LogP contribution in [0.1, 0.15) is 13.3 Å². The van der Waals surface area contributed by atoms with Gasteiger partial charge in [0.05, 0.1) is 11.5 Å². The molecule has 0 aromatic carbocycles. The molecule has 0 aromatic rings. The van der Waals surface area contributed by atoms with E-state index in [0.29, 0.717) is 6.42 Å². The van der Waals surface area contributed by atoms with E-state index in [1.165, 1.54) is 6.92 Å². The SMILES string of the molecule is CC(=O)S[C@H]1CCS(=O)(=O)C1. The van der Waals surface area contributed by atoms with Gasteiger partial charge in [-0.25, -0.2) is 8.42 Å². The summed E-state index contributed by atoms with van der Waals surface area (Å²) in [5, 5.41) is 0.0181. The average Bonchev–Trinajstić information content (AvgIpc) is 2.08. The van der Waals surface area contributed by atoms with E-state index in [1.54, 1.807) is 0 Å². The van der Waals surface area contributed by atoms with Crippen LogP contribution in [0, 0.1) is 0 Å². The molecule has 0 amide bonds. The van der Waals surface area contributed by atoms with E-state index in [9.17, 15) is 13.2 Å². The van der Waals surface area contributed by atoms with Crippen molar-refractivity contribution in [3.8, 4) is 0 Å². The number of carbonyl (C=O) groups is 1. The van der Waals surface area contributed by atoms with Crippen molar-refractivity contribution in [3.63, 3.8) is 0 Å². The maximum absolute atomic E-state index is 10.9. The Morgan fingerprint density at radius 2 is 2.18 bits per heavy atom. The number of hydrogen-bond donors (Lipinski definition) is 0. The van der Waals surface area contributed by atoms with Crippen molar-refractivity contribution in [2.24, 2.45) is 0 Å². The molecule has 1 saturated heterocycles. The normalized spacial score (nSPS) is 28.6. The standard InChI is InChI=1S/C6H10O3S2/c1-5(7)10-6-2-3-11(8,9)4-6/h6H,2-4H2,1H3/t6-/m0/s1. The van der Waals surface area contributed by atoms with Gasteiger partial charge < -0.3 is 0 Å². The molecular formula is C6H10O3S2. The van der Waals surface area contributed by atoms with Crippen LogP contribution in [0.4, 0.5) is 0 Å². The molecule has 11 heavy (non-hydrogen) atoms. The molecule has 1 fully saturated rings. The van der Waals surface area contributed by atoms with Gasteiger partial charge in [0.1, 0.15) is 0 Å². The van der Waals surface area contributed by atoms with Gasteiger partial charge in [-0.05, 0) is 6.42 Å². The summed E-state index contributed by atoms with van der Waals surface area (Å²) < 4.78 is 21.8. The third-order valence-corrected chi connectivity index (χ3v) is 4.57. The molecule has 0 bridgehead atoms. The van der Waals surface area contributed by atoms with Gasteiger partial charge in [0, 0.05) is 12.2 Å². The highest BCUT2D eigenvalue weighted by atomic mass is 32.2. The fraction of sp³-hybridized carbons (Fsp3) is 0.833. The molecule has 1 atom stereocenters. The zero-order chi connectivity index (χ0) is 8.48. The van der Waals surface area contributed by atoms with E-state index in [0.717, 1.165) is 11.8 Å². The average molecular weight is 194 g/mol. The first-order chi connectivity index (χ1) is 4.99. The van der Waals surface area contributed by atoms with Crippen molar-refractivity contribution in [1.82, 2.24) is 0 Å². The van der Waals surface area contributed by atoms with Gasteiger partial charge in [-0.15, -0.1) is 0 Å². The fourth-order valence-corrected chi connectivity index (χ4v) is 4.38. The van der Waals surface area contributed by atoms with Crippen molar-refractivity contribution >= 4 is 26.7 Å². The van der Waals surface area contributed by atoms with Crippen molar-refractivity contribution in [3.05, 3.63) is 0 Å². The minimum Gasteiger partial charge on any atom is -0.288 e. The van der Waals surface area contributed by atoms with Crippen LogP contribution in [0.15, 0.2) is 0 Å². The van der Waals surface area contributed by atoms with Crippen LogP contribution >= 0.6 is 11.8 Å². The predicted molar refractivity (Wildman–Crippen MR) is 45.3 cm³/mol. The number of carbonyl (C=O) groups excluding carboxylic acids is 1. The summed E-state index contributed by atoms with van der Waals surface area (Å²) in [5.74, 6) is 0.426. The quantitative estimate of drug-likeness (QED) is 0.608. The Kier molecular flexibility index (Phi) is 2.59. The topological polar surface area (TPSA) is 51.2 Å². The highest BCUT2D eigenvalue weighted by Crippen LogP contribution is 2.24. The van der Waals surface area contributed by atoms with Crippen LogP contribution in [0.5, 0.6) is 0 Å². The summed E-state index contributed by atoms with van der Waals surface area (Å²) in [5.41, 5.74) is 0. The van der Waals surface area contributed by atoms with Crippen LogP contribution in [0.25, 0.3) is 0 Å². The highest BCUT2D eigenvalue weighted by molar-refractivity contribution is 8.14. The fourth-order valence-electron chi connectivity index (χ4n) is 1.09. The number of thioether (sulfide) groups is 1. The molecular weight excluding hydrogens is 184 g/mol. The molecule has 1 aliphatic heterocycles. The molecule has 1 heterocycles. The molecule has 5 heteroatoms. The lowest BCUT2D eigenvalue weighted by Crippen LogP contribution is -2.07. The van der Waals surface area contributed by atoms with Gasteiger partial charge in [0.2, 0.25) is 0 Å². The van der Waals surface area contributed by atoms with Crippen molar-refractivity contribution < 1.29 is 13.2 Å². The second-order valence-corrected chi connectivity index (χ2v) is 6.34. The molecule has 0 saturated carbocycles. The van der Waals surface area contributed by atoms with Gasteiger partial charge >= 0.3 is 0 Å². The predicted octanol–water partition coefficient (Wildman–Crippen LogP) is 0.453. The Labute approximate surface area is 70.5 Å². The van der Waals surface area contributed by atoms with Crippen molar-refractivity contribution in [2.45, 2.75) is 18.6 Å². The van der Waals surface area contributed by atoms with E-state index in [1.807, 2.05) is 0 Å². The third-order valence-electron chi connectivity index (χ3n) is 1.52. The molecule has 64 valence electrons. The Morgan fingerprint density at radius 3 is 2.55 bits per heavy atom. The second kappa shape index (κ2) is 3.15. The first-order valence-corrected chi connectivity index (χ1v) is 6.07. The zero-order valence-electron chi connectivity index (χ0n) is 6.24. The highest BCUT2D eigenvalue weighted by Gasteiger charge is 2.28. The Morgan fingerprint density at radius 1 is 1.55 bits per heavy atom.